The van der Waals surface area contributed by atoms with E-state index in [2.05, 4.69) is 16.0 Å². The van der Waals surface area contributed by atoms with Crippen molar-refractivity contribution < 1.29 is 4.42 Å². The van der Waals surface area contributed by atoms with Gasteiger partial charge in [0, 0.05) is 11.4 Å². The molecule has 0 aromatic carbocycles. The molecule has 16 heavy (non-hydrogen) atoms. The van der Waals surface area contributed by atoms with Gasteiger partial charge in [0.05, 0.1) is 12.5 Å². The van der Waals surface area contributed by atoms with E-state index in [9.17, 15) is 0 Å². The predicted octanol–water partition coefficient (Wildman–Crippen LogP) is 2.94. The molecule has 3 nitrogen and oxygen atoms in total. The standard InChI is InChI=1S/C13H16N2O/c1-11-8-13(15-10-14-11)5-3-2-4-12-6-7-16-9-12/h6-10H,2-5H2,1H3. The summed E-state index contributed by atoms with van der Waals surface area (Å²) in [6.45, 7) is 2.00. The van der Waals surface area contributed by atoms with Crippen LogP contribution in [0, 0.1) is 6.92 Å². The van der Waals surface area contributed by atoms with Crippen LogP contribution in [0.3, 0.4) is 0 Å². The topological polar surface area (TPSA) is 38.9 Å². The number of furan rings is 1. The molecule has 0 N–H and O–H groups in total. The van der Waals surface area contributed by atoms with Gasteiger partial charge < -0.3 is 4.42 Å². The van der Waals surface area contributed by atoms with Gasteiger partial charge in [-0.15, -0.1) is 0 Å². The molecule has 0 bridgehead atoms. The maximum atomic E-state index is 5.02. The lowest BCUT2D eigenvalue weighted by Crippen LogP contribution is -1.94. The molecule has 0 atom stereocenters. The molecular formula is C13H16N2O. The van der Waals surface area contributed by atoms with Crippen LogP contribution in [0.15, 0.2) is 35.4 Å². The van der Waals surface area contributed by atoms with E-state index in [-0.39, 0.29) is 0 Å². The number of nitrogens with zero attached hydrogens (tertiary/aromatic N) is 2. The Labute approximate surface area is 95.5 Å². The molecule has 0 unspecified atom stereocenters. The van der Waals surface area contributed by atoms with Gasteiger partial charge in [-0.1, -0.05) is 0 Å². The first kappa shape index (κ1) is 10.9. The highest BCUT2D eigenvalue weighted by Gasteiger charge is 1.98. The van der Waals surface area contributed by atoms with Crippen molar-refractivity contribution in [3.63, 3.8) is 0 Å². The molecule has 3 heteroatoms. The van der Waals surface area contributed by atoms with Crippen LogP contribution < -0.4 is 0 Å². The molecule has 84 valence electrons. The predicted molar refractivity (Wildman–Crippen MR) is 62.1 cm³/mol. The number of aromatic nitrogens is 2. The number of hydrogen-bond acceptors (Lipinski definition) is 3. The van der Waals surface area contributed by atoms with Crippen LogP contribution in [-0.4, -0.2) is 9.97 Å². The van der Waals surface area contributed by atoms with Crippen molar-refractivity contribution in [3.05, 3.63) is 47.9 Å². The van der Waals surface area contributed by atoms with Gasteiger partial charge in [0.15, 0.2) is 0 Å². The third-order valence-electron chi connectivity index (χ3n) is 2.59. The lowest BCUT2D eigenvalue weighted by atomic mass is 10.1. The summed E-state index contributed by atoms with van der Waals surface area (Å²) >= 11 is 0. The zero-order chi connectivity index (χ0) is 11.2. The van der Waals surface area contributed by atoms with Crippen LogP contribution in [-0.2, 0) is 12.8 Å². The van der Waals surface area contributed by atoms with Crippen molar-refractivity contribution in [1.82, 2.24) is 9.97 Å². The summed E-state index contributed by atoms with van der Waals surface area (Å²) in [5, 5.41) is 0. The Balaban J connectivity index is 1.72. The van der Waals surface area contributed by atoms with Gasteiger partial charge in [0.2, 0.25) is 0 Å². The van der Waals surface area contributed by atoms with Crippen molar-refractivity contribution in [2.24, 2.45) is 0 Å². The Morgan fingerprint density at radius 3 is 2.81 bits per heavy atom. The molecule has 0 amide bonds. The van der Waals surface area contributed by atoms with E-state index in [1.165, 1.54) is 12.0 Å². The van der Waals surface area contributed by atoms with E-state index in [0.29, 0.717) is 0 Å². The van der Waals surface area contributed by atoms with Crippen LogP contribution in [0.4, 0.5) is 0 Å². The van der Waals surface area contributed by atoms with Crippen LogP contribution in [0.25, 0.3) is 0 Å². The van der Waals surface area contributed by atoms with Gasteiger partial charge in [-0.05, 0) is 50.3 Å². The fraction of sp³-hybridized carbons (Fsp3) is 0.385. The van der Waals surface area contributed by atoms with Crippen molar-refractivity contribution in [1.29, 1.82) is 0 Å². The molecule has 0 radical (unpaired) electrons. The maximum absolute atomic E-state index is 5.02. The van der Waals surface area contributed by atoms with Crippen molar-refractivity contribution >= 4 is 0 Å². The smallest absolute Gasteiger partial charge is 0.115 e. The molecule has 2 aromatic heterocycles. The van der Waals surface area contributed by atoms with Gasteiger partial charge in [0.1, 0.15) is 6.33 Å². The van der Waals surface area contributed by atoms with Gasteiger partial charge in [-0.3, -0.25) is 0 Å². The highest BCUT2D eigenvalue weighted by Crippen LogP contribution is 2.08. The SMILES string of the molecule is Cc1cc(CCCCc2ccoc2)ncn1. The highest BCUT2D eigenvalue weighted by atomic mass is 16.3. The molecule has 0 fully saturated rings. The first-order chi connectivity index (χ1) is 7.84. The van der Waals surface area contributed by atoms with E-state index < -0.39 is 0 Å². The Morgan fingerprint density at radius 2 is 2.06 bits per heavy atom. The van der Waals surface area contributed by atoms with Gasteiger partial charge in [0.25, 0.3) is 0 Å². The number of aryl methyl sites for hydroxylation is 3. The summed E-state index contributed by atoms with van der Waals surface area (Å²) in [7, 11) is 0. The van der Waals surface area contributed by atoms with E-state index in [4.69, 9.17) is 4.42 Å². The second-order valence-corrected chi connectivity index (χ2v) is 3.99. The van der Waals surface area contributed by atoms with Crippen molar-refractivity contribution in [2.75, 3.05) is 0 Å². The minimum atomic E-state index is 1.03. The molecule has 0 spiro atoms. The zero-order valence-electron chi connectivity index (χ0n) is 9.52. The largest absolute Gasteiger partial charge is 0.472 e. The fourth-order valence-electron chi connectivity index (χ4n) is 1.72. The van der Waals surface area contributed by atoms with Gasteiger partial charge in [-0.2, -0.15) is 0 Å². The Hall–Kier alpha value is -1.64. The molecular weight excluding hydrogens is 200 g/mol. The summed E-state index contributed by atoms with van der Waals surface area (Å²) in [6, 6.07) is 4.08. The third kappa shape index (κ3) is 3.19. The summed E-state index contributed by atoms with van der Waals surface area (Å²) in [6.07, 6.45) is 9.62. The Kier molecular flexibility index (Phi) is 3.70. The second kappa shape index (κ2) is 5.45. The normalized spacial score (nSPS) is 10.6. The third-order valence-corrected chi connectivity index (χ3v) is 2.59. The van der Waals surface area contributed by atoms with Crippen molar-refractivity contribution in [2.45, 2.75) is 32.6 Å². The van der Waals surface area contributed by atoms with Gasteiger partial charge in [-0.25, -0.2) is 9.97 Å². The number of unbranched alkanes of at least 4 members (excludes halogenated alkanes) is 1. The monoisotopic (exact) mass is 216 g/mol. The summed E-state index contributed by atoms with van der Waals surface area (Å²) in [5.74, 6) is 0. The Morgan fingerprint density at radius 1 is 1.19 bits per heavy atom. The van der Waals surface area contributed by atoms with Crippen LogP contribution in [0.1, 0.15) is 29.8 Å². The van der Waals surface area contributed by atoms with E-state index in [1.807, 2.05) is 19.3 Å². The highest BCUT2D eigenvalue weighted by molar-refractivity contribution is 5.07. The van der Waals surface area contributed by atoms with E-state index in [0.717, 1.165) is 30.7 Å². The maximum Gasteiger partial charge on any atom is 0.115 e. The van der Waals surface area contributed by atoms with Crippen LogP contribution >= 0.6 is 0 Å². The molecule has 0 aliphatic rings. The molecule has 2 rings (SSSR count). The summed E-state index contributed by atoms with van der Waals surface area (Å²) < 4.78 is 5.02. The molecule has 0 aliphatic carbocycles. The molecule has 0 saturated carbocycles. The zero-order valence-corrected chi connectivity index (χ0v) is 9.52. The molecule has 0 aliphatic heterocycles. The second-order valence-electron chi connectivity index (χ2n) is 3.99. The van der Waals surface area contributed by atoms with Crippen molar-refractivity contribution in [3.8, 4) is 0 Å². The minimum Gasteiger partial charge on any atom is -0.472 e. The molecule has 0 saturated heterocycles. The Bertz CT molecular complexity index is 423. The average molecular weight is 216 g/mol. The lowest BCUT2D eigenvalue weighted by Gasteiger charge is -2.00. The lowest BCUT2D eigenvalue weighted by molar-refractivity contribution is 0.562. The van der Waals surface area contributed by atoms with Crippen LogP contribution in [0.2, 0.25) is 0 Å². The summed E-state index contributed by atoms with van der Waals surface area (Å²) in [4.78, 5) is 8.33. The van der Waals surface area contributed by atoms with Gasteiger partial charge >= 0.3 is 0 Å². The average Bonchev–Trinajstić information content (AvgIpc) is 2.77. The first-order valence-corrected chi connectivity index (χ1v) is 5.63. The molecule has 2 heterocycles. The first-order valence-electron chi connectivity index (χ1n) is 5.63. The molecule has 2 aromatic rings. The van der Waals surface area contributed by atoms with E-state index in [1.54, 1.807) is 12.6 Å². The summed E-state index contributed by atoms with van der Waals surface area (Å²) in [5.41, 5.74) is 3.46. The number of rotatable bonds is 5. The quantitative estimate of drug-likeness (QED) is 0.721. The fourth-order valence-corrected chi connectivity index (χ4v) is 1.72. The van der Waals surface area contributed by atoms with Crippen LogP contribution in [0.5, 0.6) is 0 Å². The van der Waals surface area contributed by atoms with E-state index >= 15 is 0 Å². The number of hydrogen-bond donors (Lipinski definition) is 0. The minimum absolute atomic E-state index is 1.03.